The van der Waals surface area contributed by atoms with E-state index in [2.05, 4.69) is 19.9 Å². The minimum absolute atomic E-state index is 0.190. The second-order valence-corrected chi connectivity index (χ2v) is 9.28. The van der Waals surface area contributed by atoms with E-state index in [1.165, 1.54) is 16.2 Å². The zero-order chi connectivity index (χ0) is 25.9. The zero-order valence-corrected chi connectivity index (χ0v) is 19.6. The molecular weight excluding hydrogens is 485 g/mol. The third-order valence-corrected chi connectivity index (χ3v) is 6.62. The number of aromatic nitrogens is 6. The quantitative estimate of drug-likeness (QED) is 0.372. The van der Waals surface area contributed by atoms with Crippen LogP contribution in [0, 0.1) is 0 Å². The Labute approximate surface area is 208 Å². The lowest BCUT2D eigenvalue weighted by Gasteiger charge is -2.13. The molecule has 1 aliphatic carbocycles. The molecule has 1 aliphatic rings. The molecule has 0 saturated heterocycles. The standard InChI is InChI=1S/C26H21F3N6O2/c1-34-14-20(26(27,28)29)32-22(34)16-8-6-15(7-9-16)13-35-23-19(31-24(35)36)12-30-21(33-23)17-4-2-3-5-18(17)25(37)10-11-25/h2-9,12,14,37H,10-11,13H2,1H3,(H,31,36). The number of rotatable bonds is 5. The highest BCUT2D eigenvalue weighted by molar-refractivity contribution is 5.74. The molecule has 3 heterocycles. The van der Waals surface area contributed by atoms with Crippen LogP contribution < -0.4 is 5.69 Å². The molecule has 11 heteroatoms. The zero-order valence-electron chi connectivity index (χ0n) is 19.6. The monoisotopic (exact) mass is 506 g/mol. The van der Waals surface area contributed by atoms with Gasteiger partial charge in [-0.05, 0) is 24.0 Å². The van der Waals surface area contributed by atoms with Gasteiger partial charge in [-0.25, -0.2) is 19.7 Å². The number of benzene rings is 2. The fraction of sp³-hybridized carbons (Fsp3) is 0.231. The van der Waals surface area contributed by atoms with Crippen LogP contribution in [0.15, 0.2) is 65.7 Å². The van der Waals surface area contributed by atoms with Crippen molar-refractivity contribution in [3.8, 4) is 22.8 Å². The molecule has 0 atom stereocenters. The number of hydrogen-bond donors (Lipinski definition) is 2. The molecule has 0 amide bonds. The predicted octanol–water partition coefficient (Wildman–Crippen LogP) is 4.24. The number of nitrogens with one attached hydrogen (secondary N) is 1. The average molecular weight is 506 g/mol. The summed E-state index contributed by atoms with van der Waals surface area (Å²) in [6.07, 6.45) is -0.679. The maximum atomic E-state index is 13.0. The van der Waals surface area contributed by atoms with Gasteiger partial charge in [-0.3, -0.25) is 4.57 Å². The Hall–Kier alpha value is -4.25. The van der Waals surface area contributed by atoms with Crippen LogP contribution in [-0.2, 0) is 25.4 Å². The minimum Gasteiger partial charge on any atom is -0.385 e. The van der Waals surface area contributed by atoms with Crippen LogP contribution in [0.5, 0.6) is 0 Å². The van der Waals surface area contributed by atoms with E-state index in [1.807, 2.05) is 24.3 Å². The number of imidazole rings is 2. The van der Waals surface area contributed by atoms with Gasteiger partial charge in [-0.2, -0.15) is 13.2 Å². The summed E-state index contributed by atoms with van der Waals surface area (Å²) in [5, 5.41) is 10.7. The first kappa shape index (κ1) is 23.2. The van der Waals surface area contributed by atoms with Gasteiger partial charge < -0.3 is 14.7 Å². The molecule has 6 rings (SSSR count). The molecule has 3 aromatic heterocycles. The van der Waals surface area contributed by atoms with Crippen molar-refractivity contribution in [3.63, 3.8) is 0 Å². The minimum atomic E-state index is -4.52. The summed E-state index contributed by atoms with van der Waals surface area (Å²) in [5.74, 6) is 0.596. The summed E-state index contributed by atoms with van der Waals surface area (Å²) < 4.78 is 41.9. The van der Waals surface area contributed by atoms with Gasteiger partial charge in [0.25, 0.3) is 0 Å². The maximum Gasteiger partial charge on any atom is 0.434 e. The van der Waals surface area contributed by atoms with Crippen LogP contribution in [0.4, 0.5) is 13.2 Å². The Morgan fingerprint density at radius 1 is 1.08 bits per heavy atom. The Morgan fingerprint density at radius 2 is 1.81 bits per heavy atom. The number of H-pyrrole nitrogens is 1. The molecule has 8 nitrogen and oxygen atoms in total. The smallest absolute Gasteiger partial charge is 0.385 e. The molecule has 188 valence electrons. The Bertz CT molecular complexity index is 1690. The number of nitrogens with zero attached hydrogens (tertiary/aromatic N) is 5. The fourth-order valence-corrected chi connectivity index (χ4v) is 4.51. The first-order valence-electron chi connectivity index (χ1n) is 11.6. The topological polar surface area (TPSA) is 102 Å². The van der Waals surface area contributed by atoms with Crippen LogP contribution in [0.1, 0.15) is 29.7 Å². The third kappa shape index (κ3) is 4.10. The number of aromatic amines is 1. The molecule has 2 N–H and O–H groups in total. The van der Waals surface area contributed by atoms with Crippen molar-refractivity contribution in [2.75, 3.05) is 0 Å². The highest BCUT2D eigenvalue weighted by Gasteiger charge is 2.44. The van der Waals surface area contributed by atoms with E-state index in [9.17, 15) is 23.1 Å². The van der Waals surface area contributed by atoms with Crippen molar-refractivity contribution < 1.29 is 18.3 Å². The lowest BCUT2D eigenvalue weighted by molar-refractivity contribution is -0.140. The molecular formula is C26H21F3N6O2. The lowest BCUT2D eigenvalue weighted by atomic mass is 10.00. The normalized spacial score (nSPS) is 14.8. The summed E-state index contributed by atoms with van der Waals surface area (Å²) >= 11 is 0. The summed E-state index contributed by atoms with van der Waals surface area (Å²) in [6.45, 7) is 0.190. The first-order valence-corrected chi connectivity index (χ1v) is 11.6. The molecule has 1 saturated carbocycles. The molecule has 37 heavy (non-hydrogen) atoms. The molecule has 2 aromatic carbocycles. The summed E-state index contributed by atoms with van der Waals surface area (Å²) in [4.78, 5) is 28.3. The van der Waals surface area contributed by atoms with Crippen molar-refractivity contribution in [2.45, 2.75) is 31.2 Å². The van der Waals surface area contributed by atoms with Crippen LogP contribution in [0.3, 0.4) is 0 Å². The largest absolute Gasteiger partial charge is 0.434 e. The van der Waals surface area contributed by atoms with Crippen molar-refractivity contribution in [1.29, 1.82) is 0 Å². The van der Waals surface area contributed by atoms with E-state index >= 15 is 0 Å². The third-order valence-electron chi connectivity index (χ3n) is 6.62. The second kappa shape index (κ2) is 8.13. The summed E-state index contributed by atoms with van der Waals surface area (Å²) in [7, 11) is 1.51. The number of alkyl halides is 3. The van der Waals surface area contributed by atoms with Gasteiger partial charge in [0.1, 0.15) is 11.3 Å². The van der Waals surface area contributed by atoms with Crippen molar-refractivity contribution in [1.82, 2.24) is 29.1 Å². The maximum absolute atomic E-state index is 13.0. The lowest BCUT2D eigenvalue weighted by Crippen LogP contribution is -2.17. The second-order valence-electron chi connectivity index (χ2n) is 9.28. The van der Waals surface area contributed by atoms with Crippen LogP contribution in [0.2, 0.25) is 0 Å². The van der Waals surface area contributed by atoms with E-state index in [0.29, 0.717) is 41.0 Å². The van der Waals surface area contributed by atoms with Crippen LogP contribution in [-0.4, -0.2) is 34.2 Å². The van der Waals surface area contributed by atoms with Gasteiger partial charge in [-0.15, -0.1) is 0 Å². The van der Waals surface area contributed by atoms with E-state index in [0.717, 1.165) is 17.3 Å². The fourth-order valence-electron chi connectivity index (χ4n) is 4.51. The van der Waals surface area contributed by atoms with E-state index in [1.54, 1.807) is 30.5 Å². The number of halogens is 3. The first-order chi connectivity index (χ1) is 17.6. The van der Waals surface area contributed by atoms with Gasteiger partial charge in [0.2, 0.25) is 0 Å². The predicted molar refractivity (Wildman–Crippen MR) is 129 cm³/mol. The Morgan fingerprint density at radius 3 is 2.49 bits per heavy atom. The van der Waals surface area contributed by atoms with Crippen molar-refractivity contribution in [3.05, 3.63) is 88.2 Å². The van der Waals surface area contributed by atoms with E-state index in [-0.39, 0.29) is 18.1 Å². The van der Waals surface area contributed by atoms with Gasteiger partial charge in [0.05, 0.1) is 18.3 Å². The number of aryl methyl sites for hydroxylation is 1. The van der Waals surface area contributed by atoms with Gasteiger partial charge >= 0.3 is 11.9 Å². The van der Waals surface area contributed by atoms with Crippen LogP contribution >= 0.6 is 0 Å². The molecule has 1 fully saturated rings. The summed E-state index contributed by atoms with van der Waals surface area (Å²) in [6, 6.07) is 14.2. The number of hydrogen-bond acceptors (Lipinski definition) is 5. The molecule has 0 bridgehead atoms. The number of fused-ring (bicyclic) bond motifs is 1. The van der Waals surface area contributed by atoms with E-state index in [4.69, 9.17) is 0 Å². The van der Waals surface area contributed by atoms with Gasteiger partial charge in [0, 0.05) is 24.4 Å². The summed E-state index contributed by atoms with van der Waals surface area (Å²) in [5.41, 5.74) is 1.44. The average Bonchev–Trinajstić information content (AvgIpc) is 3.38. The molecule has 0 unspecified atom stereocenters. The highest BCUT2D eigenvalue weighted by atomic mass is 19.4. The molecule has 0 radical (unpaired) electrons. The number of aliphatic hydroxyl groups is 1. The van der Waals surface area contributed by atoms with E-state index < -0.39 is 17.5 Å². The van der Waals surface area contributed by atoms with Crippen LogP contribution in [0.25, 0.3) is 33.9 Å². The van der Waals surface area contributed by atoms with Gasteiger partial charge in [0.15, 0.2) is 17.2 Å². The van der Waals surface area contributed by atoms with Crippen molar-refractivity contribution in [2.24, 2.45) is 7.05 Å². The molecule has 0 spiro atoms. The molecule has 5 aromatic rings. The highest BCUT2D eigenvalue weighted by Crippen LogP contribution is 2.48. The van der Waals surface area contributed by atoms with Gasteiger partial charge in [-0.1, -0.05) is 48.5 Å². The van der Waals surface area contributed by atoms with Crippen molar-refractivity contribution >= 4 is 11.2 Å². The molecule has 0 aliphatic heterocycles. The Balaban J connectivity index is 1.33. The SMILES string of the molecule is Cn1cc(C(F)(F)F)nc1-c1ccc(Cn2c(=O)[nH]c3cnc(-c4ccccc4C4(O)CC4)nc32)cc1. The Kier molecular flexibility index (Phi) is 5.09.